The molecule has 2 aromatic rings. The van der Waals surface area contributed by atoms with Gasteiger partial charge < -0.3 is 0 Å². The maximum absolute atomic E-state index is 13.7. The molecule has 2 aromatic carbocycles. The van der Waals surface area contributed by atoms with E-state index in [1.807, 2.05) is 0 Å². The number of carbonyl (C=O) groups is 1. The second-order valence-electron chi connectivity index (χ2n) is 4.01. The van der Waals surface area contributed by atoms with E-state index in [0.29, 0.717) is 0 Å². The highest BCUT2D eigenvalue weighted by Crippen LogP contribution is 2.27. The lowest BCUT2D eigenvalue weighted by molar-refractivity contribution is 0.103. The summed E-state index contributed by atoms with van der Waals surface area (Å²) < 4.78 is 27.0. The maximum Gasteiger partial charge on any atom is 0.198 e. The summed E-state index contributed by atoms with van der Waals surface area (Å²) in [5, 5.41) is -0.0875. The Morgan fingerprint density at radius 1 is 1.05 bits per heavy atom. The molecule has 0 unspecified atom stereocenters. The van der Waals surface area contributed by atoms with E-state index in [9.17, 15) is 13.6 Å². The van der Waals surface area contributed by atoms with Gasteiger partial charge in [-0.2, -0.15) is 0 Å². The summed E-state index contributed by atoms with van der Waals surface area (Å²) in [5.74, 6) is -1.94. The molecule has 0 aliphatic rings. The molecule has 0 bridgehead atoms. The van der Waals surface area contributed by atoms with Gasteiger partial charge in [-0.3, -0.25) is 4.79 Å². The highest BCUT2D eigenvalue weighted by Gasteiger charge is 2.20. The summed E-state index contributed by atoms with van der Waals surface area (Å²) in [6.45, 7) is 1.49. The van der Waals surface area contributed by atoms with Crippen LogP contribution in [0.15, 0.2) is 30.3 Å². The summed E-state index contributed by atoms with van der Waals surface area (Å²) >= 11 is 11.6. The fourth-order valence-corrected chi connectivity index (χ4v) is 2.17. The first-order valence-electron chi connectivity index (χ1n) is 5.36. The Hall–Kier alpha value is -1.45. The highest BCUT2D eigenvalue weighted by atomic mass is 35.5. The molecule has 0 saturated heterocycles. The summed E-state index contributed by atoms with van der Waals surface area (Å²) in [6.07, 6.45) is 0. The van der Waals surface area contributed by atoms with Crippen molar-refractivity contribution >= 4 is 29.0 Å². The molecule has 0 aliphatic carbocycles. The highest BCUT2D eigenvalue weighted by molar-refractivity contribution is 6.38. The van der Waals surface area contributed by atoms with Gasteiger partial charge in [0.15, 0.2) is 5.78 Å². The number of carbonyl (C=O) groups excluding carboxylic acids is 1. The molecule has 0 amide bonds. The molecular formula is C14H8Cl2F2O. The van der Waals surface area contributed by atoms with Crippen molar-refractivity contribution in [3.8, 4) is 0 Å². The summed E-state index contributed by atoms with van der Waals surface area (Å²) in [5.41, 5.74) is 0.00449. The van der Waals surface area contributed by atoms with Crippen LogP contribution < -0.4 is 0 Å². The number of hydrogen-bond donors (Lipinski definition) is 0. The van der Waals surface area contributed by atoms with Gasteiger partial charge in [-0.05, 0) is 36.8 Å². The molecule has 0 heterocycles. The van der Waals surface area contributed by atoms with E-state index in [4.69, 9.17) is 23.2 Å². The minimum Gasteiger partial charge on any atom is -0.288 e. The van der Waals surface area contributed by atoms with Crippen molar-refractivity contribution in [2.45, 2.75) is 6.92 Å². The first-order valence-corrected chi connectivity index (χ1v) is 6.11. The molecule has 98 valence electrons. The number of hydrogen-bond acceptors (Lipinski definition) is 1. The molecule has 0 atom stereocenters. The molecule has 0 saturated carbocycles. The zero-order valence-corrected chi connectivity index (χ0v) is 11.3. The maximum atomic E-state index is 13.7. The summed E-state index contributed by atoms with van der Waals surface area (Å²) in [6, 6.07) is 6.24. The Morgan fingerprint density at radius 3 is 2.37 bits per heavy atom. The Kier molecular flexibility index (Phi) is 3.88. The third-order valence-corrected chi connectivity index (χ3v) is 3.31. The van der Waals surface area contributed by atoms with Gasteiger partial charge >= 0.3 is 0 Å². The van der Waals surface area contributed by atoms with E-state index in [1.54, 1.807) is 0 Å². The first-order chi connectivity index (χ1) is 8.91. The van der Waals surface area contributed by atoms with E-state index in [1.165, 1.54) is 25.1 Å². The van der Waals surface area contributed by atoms with Crippen molar-refractivity contribution in [2.24, 2.45) is 0 Å². The lowest BCUT2D eigenvalue weighted by Crippen LogP contribution is -2.07. The van der Waals surface area contributed by atoms with Gasteiger partial charge in [-0.1, -0.05) is 29.3 Å². The predicted molar refractivity (Wildman–Crippen MR) is 71.0 cm³/mol. The van der Waals surface area contributed by atoms with Crippen molar-refractivity contribution in [1.29, 1.82) is 0 Å². The van der Waals surface area contributed by atoms with Crippen LogP contribution in [-0.4, -0.2) is 5.78 Å². The van der Waals surface area contributed by atoms with E-state index in [0.717, 1.165) is 12.1 Å². The second-order valence-corrected chi connectivity index (χ2v) is 4.82. The SMILES string of the molecule is Cc1cc(C(=O)c2c(F)cccc2Cl)c(Cl)cc1F. The van der Waals surface area contributed by atoms with Gasteiger partial charge in [-0.15, -0.1) is 0 Å². The van der Waals surface area contributed by atoms with Crippen LogP contribution >= 0.6 is 23.2 Å². The number of aryl methyl sites for hydroxylation is 1. The number of halogens is 4. The topological polar surface area (TPSA) is 17.1 Å². The average molecular weight is 301 g/mol. The van der Waals surface area contributed by atoms with E-state index in [-0.39, 0.29) is 26.7 Å². The molecule has 0 N–H and O–H groups in total. The average Bonchev–Trinajstić information content (AvgIpc) is 2.33. The van der Waals surface area contributed by atoms with E-state index >= 15 is 0 Å². The fraction of sp³-hybridized carbons (Fsp3) is 0.0714. The quantitative estimate of drug-likeness (QED) is 0.727. The number of rotatable bonds is 2. The lowest BCUT2D eigenvalue weighted by Gasteiger charge is -2.08. The van der Waals surface area contributed by atoms with Gasteiger partial charge in [0.1, 0.15) is 11.6 Å². The largest absolute Gasteiger partial charge is 0.288 e. The van der Waals surface area contributed by atoms with Gasteiger partial charge in [0, 0.05) is 5.56 Å². The minimum atomic E-state index is -0.740. The Bertz CT molecular complexity index is 648. The van der Waals surface area contributed by atoms with E-state index < -0.39 is 17.4 Å². The molecule has 19 heavy (non-hydrogen) atoms. The normalized spacial score (nSPS) is 10.6. The fourth-order valence-electron chi connectivity index (χ4n) is 1.68. The van der Waals surface area contributed by atoms with Crippen molar-refractivity contribution in [3.05, 3.63) is 68.7 Å². The van der Waals surface area contributed by atoms with Crippen LogP contribution in [0.5, 0.6) is 0 Å². The summed E-state index contributed by atoms with van der Waals surface area (Å²) in [4.78, 5) is 12.2. The Labute approximate surface area is 118 Å². The van der Waals surface area contributed by atoms with Crippen LogP contribution in [0.25, 0.3) is 0 Å². The third-order valence-electron chi connectivity index (χ3n) is 2.68. The van der Waals surface area contributed by atoms with Crippen LogP contribution in [0, 0.1) is 18.6 Å². The standard InChI is InChI=1S/C14H8Cl2F2O/c1-7-5-8(10(16)6-12(7)18)14(19)13-9(15)3-2-4-11(13)17/h2-6H,1H3. The Balaban J connectivity index is 2.60. The Morgan fingerprint density at radius 2 is 1.74 bits per heavy atom. The van der Waals surface area contributed by atoms with Crippen LogP contribution in [0.2, 0.25) is 10.0 Å². The monoisotopic (exact) mass is 300 g/mol. The third kappa shape index (κ3) is 2.62. The molecule has 5 heteroatoms. The van der Waals surface area contributed by atoms with Crippen LogP contribution in [-0.2, 0) is 0 Å². The van der Waals surface area contributed by atoms with Crippen LogP contribution in [0.3, 0.4) is 0 Å². The van der Waals surface area contributed by atoms with Crippen LogP contribution in [0.1, 0.15) is 21.5 Å². The second kappa shape index (κ2) is 5.27. The molecule has 0 spiro atoms. The minimum absolute atomic E-state index is 0.0111. The van der Waals surface area contributed by atoms with Gasteiger partial charge in [0.2, 0.25) is 0 Å². The van der Waals surface area contributed by atoms with Crippen molar-refractivity contribution in [3.63, 3.8) is 0 Å². The van der Waals surface area contributed by atoms with Gasteiger partial charge in [0.05, 0.1) is 15.6 Å². The van der Waals surface area contributed by atoms with Crippen LogP contribution in [0.4, 0.5) is 8.78 Å². The van der Waals surface area contributed by atoms with Gasteiger partial charge in [0.25, 0.3) is 0 Å². The number of benzene rings is 2. The molecule has 0 aliphatic heterocycles. The molecular weight excluding hydrogens is 293 g/mol. The van der Waals surface area contributed by atoms with Crippen molar-refractivity contribution in [2.75, 3.05) is 0 Å². The van der Waals surface area contributed by atoms with E-state index in [2.05, 4.69) is 0 Å². The predicted octanol–water partition coefficient (Wildman–Crippen LogP) is 4.81. The lowest BCUT2D eigenvalue weighted by atomic mass is 10.0. The zero-order valence-electron chi connectivity index (χ0n) is 9.81. The molecule has 0 fully saturated rings. The molecule has 1 nitrogen and oxygen atoms in total. The smallest absolute Gasteiger partial charge is 0.198 e. The molecule has 0 radical (unpaired) electrons. The summed E-state index contributed by atoms with van der Waals surface area (Å²) in [7, 11) is 0. The first kappa shape index (κ1) is 14.0. The van der Waals surface area contributed by atoms with Gasteiger partial charge in [-0.25, -0.2) is 8.78 Å². The van der Waals surface area contributed by atoms with Crippen molar-refractivity contribution in [1.82, 2.24) is 0 Å². The molecule has 2 rings (SSSR count). The van der Waals surface area contributed by atoms with Crippen molar-refractivity contribution < 1.29 is 13.6 Å². The molecule has 0 aromatic heterocycles. The number of ketones is 1. The zero-order chi connectivity index (χ0) is 14.2.